The molecule has 3 N–H and O–H groups in total. The third-order valence-electron chi connectivity index (χ3n) is 2.75. The lowest BCUT2D eigenvalue weighted by molar-refractivity contribution is 0.415. The second-order valence-corrected chi connectivity index (χ2v) is 7.03. The number of halogens is 1. The van der Waals surface area contributed by atoms with Crippen LogP contribution in [0.4, 0.5) is 11.4 Å². The van der Waals surface area contributed by atoms with Crippen molar-refractivity contribution in [3.63, 3.8) is 0 Å². The number of rotatable bonds is 5. The normalized spacial score (nSPS) is 11.1. The van der Waals surface area contributed by atoms with Gasteiger partial charge in [-0.25, -0.2) is 8.42 Å². The largest absolute Gasteiger partial charge is 0.497 e. The number of nitrogens with two attached hydrogens (primary N) is 1. The first-order valence-corrected chi connectivity index (χ1v) is 8.52. The third kappa shape index (κ3) is 4.37. The standard InChI is InChI=1S/C14H15BrN2O3S/c1-20-12-5-6-13(15)14(8-12)17-21(18,19)9-10-3-2-4-11(16)7-10/h2-8,17H,9,16H2,1H3. The summed E-state index contributed by atoms with van der Waals surface area (Å²) in [4.78, 5) is 0. The Morgan fingerprint density at radius 2 is 2.00 bits per heavy atom. The molecule has 21 heavy (non-hydrogen) atoms. The fourth-order valence-corrected chi connectivity index (χ4v) is 3.49. The van der Waals surface area contributed by atoms with Crippen molar-refractivity contribution in [1.82, 2.24) is 0 Å². The Balaban J connectivity index is 2.21. The summed E-state index contributed by atoms with van der Waals surface area (Å²) >= 11 is 3.31. The zero-order valence-electron chi connectivity index (χ0n) is 11.3. The molecule has 0 atom stereocenters. The molecule has 0 aliphatic carbocycles. The first-order chi connectivity index (χ1) is 9.89. The van der Waals surface area contributed by atoms with E-state index in [2.05, 4.69) is 20.7 Å². The van der Waals surface area contributed by atoms with Gasteiger partial charge in [0.05, 0.1) is 18.6 Å². The van der Waals surface area contributed by atoms with E-state index in [1.165, 1.54) is 7.11 Å². The molecule has 0 aliphatic rings. The van der Waals surface area contributed by atoms with Crippen molar-refractivity contribution in [2.24, 2.45) is 0 Å². The summed E-state index contributed by atoms with van der Waals surface area (Å²) in [5.41, 5.74) is 7.24. The average Bonchev–Trinajstić information content (AvgIpc) is 2.40. The molecule has 2 aromatic rings. The van der Waals surface area contributed by atoms with E-state index < -0.39 is 10.0 Å². The highest BCUT2D eigenvalue weighted by atomic mass is 79.9. The van der Waals surface area contributed by atoms with Gasteiger partial charge in [0.2, 0.25) is 10.0 Å². The molecular formula is C14H15BrN2O3S. The molecule has 112 valence electrons. The van der Waals surface area contributed by atoms with Gasteiger partial charge in [0.15, 0.2) is 0 Å². The van der Waals surface area contributed by atoms with Crippen LogP contribution >= 0.6 is 15.9 Å². The molecule has 0 saturated carbocycles. The molecule has 7 heteroatoms. The summed E-state index contributed by atoms with van der Waals surface area (Å²) in [5, 5.41) is 0. The number of sulfonamides is 1. The molecule has 0 aromatic heterocycles. The molecule has 0 heterocycles. The smallest absolute Gasteiger partial charge is 0.236 e. The Bertz CT molecular complexity index is 748. The van der Waals surface area contributed by atoms with Gasteiger partial charge >= 0.3 is 0 Å². The summed E-state index contributed by atoms with van der Waals surface area (Å²) in [6.45, 7) is 0. The molecule has 0 radical (unpaired) electrons. The molecule has 2 rings (SSSR count). The van der Waals surface area contributed by atoms with Crippen molar-refractivity contribution in [2.45, 2.75) is 5.75 Å². The van der Waals surface area contributed by atoms with Crippen LogP contribution in [-0.4, -0.2) is 15.5 Å². The SMILES string of the molecule is COc1ccc(Br)c(NS(=O)(=O)Cc2cccc(N)c2)c1. The summed E-state index contributed by atoms with van der Waals surface area (Å²) in [6.07, 6.45) is 0. The summed E-state index contributed by atoms with van der Waals surface area (Å²) in [6, 6.07) is 11.9. The minimum atomic E-state index is -3.54. The molecule has 0 spiro atoms. The van der Waals surface area contributed by atoms with Crippen LogP contribution < -0.4 is 15.2 Å². The van der Waals surface area contributed by atoms with Crippen LogP contribution in [0.3, 0.4) is 0 Å². The fraction of sp³-hybridized carbons (Fsp3) is 0.143. The van der Waals surface area contributed by atoms with Crippen LogP contribution in [0.5, 0.6) is 5.75 Å². The van der Waals surface area contributed by atoms with Gasteiger partial charge in [-0.3, -0.25) is 4.72 Å². The first-order valence-electron chi connectivity index (χ1n) is 6.08. The third-order valence-corrected chi connectivity index (χ3v) is 4.68. The minimum absolute atomic E-state index is 0.151. The maximum atomic E-state index is 12.2. The minimum Gasteiger partial charge on any atom is -0.497 e. The summed E-state index contributed by atoms with van der Waals surface area (Å²) < 4.78 is 32.7. The number of benzene rings is 2. The van der Waals surface area contributed by atoms with Crippen molar-refractivity contribution in [3.8, 4) is 5.75 Å². The van der Waals surface area contributed by atoms with Gasteiger partial charge in [0, 0.05) is 16.2 Å². The Kier molecular flexibility index (Phi) is 4.74. The molecule has 2 aromatic carbocycles. The maximum absolute atomic E-state index is 12.2. The molecule has 0 unspecified atom stereocenters. The highest BCUT2D eigenvalue weighted by Gasteiger charge is 2.14. The monoisotopic (exact) mass is 370 g/mol. The molecule has 5 nitrogen and oxygen atoms in total. The number of nitrogen functional groups attached to an aromatic ring is 1. The quantitative estimate of drug-likeness (QED) is 0.792. The lowest BCUT2D eigenvalue weighted by Gasteiger charge is -2.11. The molecule has 0 fully saturated rings. The van der Waals surface area contributed by atoms with E-state index in [1.807, 2.05) is 0 Å². The number of nitrogens with one attached hydrogen (secondary N) is 1. The van der Waals surface area contributed by atoms with Crippen LogP contribution in [0, 0.1) is 0 Å². The number of hydrogen-bond acceptors (Lipinski definition) is 4. The van der Waals surface area contributed by atoms with Gasteiger partial charge in [-0.1, -0.05) is 12.1 Å². The van der Waals surface area contributed by atoms with Gasteiger partial charge in [0.1, 0.15) is 5.75 Å². The summed E-state index contributed by atoms with van der Waals surface area (Å²) in [7, 11) is -2.02. The van der Waals surface area contributed by atoms with E-state index in [4.69, 9.17) is 10.5 Å². The second kappa shape index (κ2) is 6.36. The lowest BCUT2D eigenvalue weighted by Crippen LogP contribution is -2.15. The Morgan fingerprint density at radius 3 is 2.67 bits per heavy atom. The number of methoxy groups -OCH3 is 1. The van der Waals surface area contributed by atoms with E-state index in [0.29, 0.717) is 27.2 Å². The van der Waals surface area contributed by atoms with Gasteiger partial charge < -0.3 is 10.5 Å². The van der Waals surface area contributed by atoms with Crippen LogP contribution in [0.1, 0.15) is 5.56 Å². The predicted octanol–water partition coefficient (Wildman–Crippen LogP) is 2.98. The van der Waals surface area contributed by atoms with Crippen molar-refractivity contribution >= 4 is 37.3 Å². The van der Waals surface area contributed by atoms with Crippen LogP contribution in [-0.2, 0) is 15.8 Å². The number of ether oxygens (including phenoxy) is 1. The number of anilines is 2. The first kappa shape index (κ1) is 15.7. The van der Waals surface area contributed by atoms with Crippen molar-refractivity contribution in [2.75, 3.05) is 17.6 Å². The van der Waals surface area contributed by atoms with Crippen LogP contribution in [0.25, 0.3) is 0 Å². The van der Waals surface area contributed by atoms with Gasteiger partial charge in [-0.05, 0) is 45.8 Å². The van der Waals surface area contributed by atoms with E-state index in [9.17, 15) is 8.42 Å². The van der Waals surface area contributed by atoms with E-state index in [1.54, 1.807) is 42.5 Å². The Morgan fingerprint density at radius 1 is 1.24 bits per heavy atom. The van der Waals surface area contributed by atoms with E-state index in [0.717, 1.165) is 0 Å². The van der Waals surface area contributed by atoms with Crippen molar-refractivity contribution < 1.29 is 13.2 Å². The van der Waals surface area contributed by atoms with Gasteiger partial charge in [0.25, 0.3) is 0 Å². The molecular weight excluding hydrogens is 356 g/mol. The van der Waals surface area contributed by atoms with Gasteiger partial charge in [-0.2, -0.15) is 0 Å². The molecule has 0 amide bonds. The van der Waals surface area contributed by atoms with Crippen LogP contribution in [0.2, 0.25) is 0 Å². The highest BCUT2D eigenvalue weighted by molar-refractivity contribution is 9.10. The Labute approximate surface area is 132 Å². The molecule has 0 saturated heterocycles. The second-order valence-electron chi connectivity index (χ2n) is 4.45. The zero-order valence-corrected chi connectivity index (χ0v) is 13.7. The predicted molar refractivity (Wildman–Crippen MR) is 87.8 cm³/mol. The fourth-order valence-electron chi connectivity index (χ4n) is 1.82. The zero-order chi connectivity index (χ0) is 15.5. The molecule has 0 bridgehead atoms. The average molecular weight is 371 g/mol. The van der Waals surface area contributed by atoms with Gasteiger partial charge in [-0.15, -0.1) is 0 Å². The topological polar surface area (TPSA) is 81.4 Å². The summed E-state index contributed by atoms with van der Waals surface area (Å²) in [5.74, 6) is 0.418. The molecule has 0 aliphatic heterocycles. The Hall–Kier alpha value is -1.73. The highest BCUT2D eigenvalue weighted by Crippen LogP contribution is 2.28. The van der Waals surface area contributed by atoms with Crippen LogP contribution in [0.15, 0.2) is 46.9 Å². The maximum Gasteiger partial charge on any atom is 0.236 e. The van der Waals surface area contributed by atoms with E-state index >= 15 is 0 Å². The van der Waals surface area contributed by atoms with Crippen molar-refractivity contribution in [3.05, 3.63) is 52.5 Å². The van der Waals surface area contributed by atoms with Crippen molar-refractivity contribution in [1.29, 1.82) is 0 Å². The number of hydrogen-bond donors (Lipinski definition) is 2. The van der Waals surface area contributed by atoms with E-state index in [-0.39, 0.29) is 5.75 Å². The lowest BCUT2D eigenvalue weighted by atomic mass is 10.2.